The Hall–Kier alpha value is -3.31. The number of para-hydroxylation sites is 1. The van der Waals surface area contributed by atoms with Crippen molar-refractivity contribution in [2.24, 2.45) is 0 Å². The summed E-state index contributed by atoms with van der Waals surface area (Å²) in [5.74, 6) is -1.26. The number of amides is 3. The van der Waals surface area contributed by atoms with Crippen LogP contribution in [0.5, 0.6) is 0 Å². The first-order valence-electron chi connectivity index (χ1n) is 10.4. The number of halogens is 2. The number of sulfonamides is 1. The third-order valence-corrected chi connectivity index (χ3v) is 8.49. The standard InChI is InChI=1S/C24H15Cl2N3O5S2/c25-17-8-6-13(10-18(17)26)12-29-19-9-7-15(36(33,34)28-14-4-2-1-3-5-14)11-16(19)20(23(29)31)21-22(30)27-24(32)35-21/h1-11,28H,12H2,(H,27,30,32)/b21-20+. The molecule has 2 N–H and O–H groups in total. The van der Waals surface area contributed by atoms with Crippen LogP contribution in [0.2, 0.25) is 10.0 Å². The van der Waals surface area contributed by atoms with Crippen LogP contribution in [0.4, 0.5) is 16.2 Å². The average molecular weight is 560 g/mol. The number of hydrogen-bond acceptors (Lipinski definition) is 6. The first-order valence-corrected chi connectivity index (χ1v) is 13.4. The molecule has 2 heterocycles. The van der Waals surface area contributed by atoms with E-state index < -0.39 is 27.1 Å². The fraction of sp³-hybridized carbons (Fsp3) is 0.0417. The van der Waals surface area contributed by atoms with E-state index >= 15 is 0 Å². The molecule has 182 valence electrons. The monoisotopic (exact) mass is 559 g/mol. The summed E-state index contributed by atoms with van der Waals surface area (Å²) in [5, 5.41) is 2.19. The van der Waals surface area contributed by atoms with Gasteiger partial charge in [0, 0.05) is 11.3 Å². The quantitative estimate of drug-likeness (QED) is 0.423. The lowest BCUT2D eigenvalue weighted by molar-refractivity contribution is -0.116. The van der Waals surface area contributed by atoms with Gasteiger partial charge in [0.15, 0.2) is 0 Å². The third kappa shape index (κ3) is 4.48. The maximum absolute atomic E-state index is 13.5. The highest BCUT2D eigenvalue weighted by Crippen LogP contribution is 2.44. The van der Waals surface area contributed by atoms with E-state index in [0.29, 0.717) is 38.7 Å². The predicted octanol–water partition coefficient (Wildman–Crippen LogP) is 5.04. The number of rotatable bonds is 5. The number of fused-ring (bicyclic) bond motifs is 1. The lowest BCUT2D eigenvalue weighted by Crippen LogP contribution is -2.26. The largest absolute Gasteiger partial charge is 0.303 e. The molecule has 3 aromatic rings. The second-order valence-corrected chi connectivity index (χ2v) is 11.3. The number of nitrogens with zero attached hydrogens (tertiary/aromatic N) is 1. The van der Waals surface area contributed by atoms with Crippen LogP contribution in [0.3, 0.4) is 0 Å². The number of thioether (sulfide) groups is 1. The van der Waals surface area contributed by atoms with Gasteiger partial charge in [-0.15, -0.1) is 0 Å². The van der Waals surface area contributed by atoms with Crippen molar-refractivity contribution in [1.29, 1.82) is 0 Å². The Morgan fingerprint density at radius 2 is 1.67 bits per heavy atom. The summed E-state index contributed by atoms with van der Waals surface area (Å²) < 4.78 is 28.6. The summed E-state index contributed by atoms with van der Waals surface area (Å²) in [6.45, 7) is 0.0775. The molecule has 0 aliphatic carbocycles. The van der Waals surface area contributed by atoms with E-state index in [1.54, 1.807) is 48.5 Å². The second-order valence-electron chi connectivity index (χ2n) is 7.84. The molecular weight excluding hydrogens is 545 g/mol. The highest BCUT2D eigenvalue weighted by Gasteiger charge is 2.40. The summed E-state index contributed by atoms with van der Waals surface area (Å²) in [6, 6.07) is 17.5. The normalized spacial score (nSPS) is 17.4. The van der Waals surface area contributed by atoms with Gasteiger partial charge < -0.3 is 4.90 Å². The molecule has 2 aliphatic heterocycles. The van der Waals surface area contributed by atoms with Gasteiger partial charge in [0.05, 0.1) is 37.7 Å². The summed E-state index contributed by atoms with van der Waals surface area (Å²) in [6.07, 6.45) is 0. The Bertz CT molecular complexity index is 1590. The van der Waals surface area contributed by atoms with Gasteiger partial charge in [0.25, 0.3) is 27.1 Å². The zero-order chi connectivity index (χ0) is 25.6. The Labute approximate surface area is 220 Å². The Kier molecular flexibility index (Phi) is 6.29. The van der Waals surface area contributed by atoms with Gasteiger partial charge >= 0.3 is 0 Å². The van der Waals surface area contributed by atoms with E-state index in [1.807, 2.05) is 0 Å². The molecule has 8 nitrogen and oxygen atoms in total. The molecular formula is C24H15Cl2N3O5S2. The van der Waals surface area contributed by atoms with Gasteiger partial charge in [0.1, 0.15) is 0 Å². The average Bonchev–Trinajstić information content (AvgIpc) is 3.30. The molecule has 2 aliphatic rings. The molecule has 0 atom stereocenters. The van der Waals surface area contributed by atoms with Gasteiger partial charge in [-0.1, -0.05) is 47.5 Å². The number of nitrogens with one attached hydrogen (secondary N) is 2. The minimum absolute atomic E-state index is 0.0461. The molecule has 12 heteroatoms. The fourth-order valence-electron chi connectivity index (χ4n) is 3.87. The van der Waals surface area contributed by atoms with Gasteiger partial charge in [-0.3, -0.25) is 24.4 Å². The highest BCUT2D eigenvalue weighted by atomic mass is 35.5. The van der Waals surface area contributed by atoms with E-state index in [9.17, 15) is 22.8 Å². The number of carbonyl (C=O) groups is 3. The minimum atomic E-state index is -4.02. The summed E-state index contributed by atoms with van der Waals surface area (Å²) in [7, 11) is -4.02. The van der Waals surface area contributed by atoms with Crippen molar-refractivity contribution in [2.75, 3.05) is 9.62 Å². The van der Waals surface area contributed by atoms with Crippen LogP contribution < -0.4 is 14.9 Å². The van der Waals surface area contributed by atoms with Crippen LogP contribution in [0.15, 0.2) is 76.5 Å². The van der Waals surface area contributed by atoms with E-state index in [-0.39, 0.29) is 27.5 Å². The van der Waals surface area contributed by atoms with Crippen LogP contribution >= 0.6 is 35.0 Å². The first kappa shape index (κ1) is 24.4. The predicted molar refractivity (Wildman–Crippen MR) is 139 cm³/mol. The van der Waals surface area contributed by atoms with Gasteiger partial charge in [-0.25, -0.2) is 8.42 Å². The van der Waals surface area contributed by atoms with E-state index in [2.05, 4.69) is 10.0 Å². The zero-order valence-corrected chi connectivity index (χ0v) is 21.3. The van der Waals surface area contributed by atoms with Crippen LogP contribution in [0, 0.1) is 0 Å². The summed E-state index contributed by atoms with van der Waals surface area (Å²) in [4.78, 5) is 39.1. The van der Waals surface area contributed by atoms with E-state index in [0.717, 1.165) is 0 Å². The molecule has 3 aromatic carbocycles. The third-order valence-electron chi connectivity index (χ3n) is 5.49. The van der Waals surface area contributed by atoms with Crippen molar-refractivity contribution >= 4 is 79.0 Å². The SMILES string of the molecule is O=C1NC(=O)/C(=C2\C(=O)N(Cc3ccc(Cl)c(Cl)c3)c3ccc(S(=O)(=O)Nc4ccccc4)cc32)S1. The van der Waals surface area contributed by atoms with Crippen LogP contribution in [-0.2, 0) is 26.2 Å². The molecule has 1 saturated heterocycles. The topological polar surface area (TPSA) is 113 Å². The van der Waals surface area contributed by atoms with Crippen molar-refractivity contribution in [3.05, 3.63) is 92.8 Å². The van der Waals surface area contributed by atoms with Crippen molar-refractivity contribution in [1.82, 2.24) is 5.32 Å². The molecule has 0 bridgehead atoms. The minimum Gasteiger partial charge on any atom is -0.303 e. The molecule has 3 amide bonds. The number of benzene rings is 3. The Morgan fingerprint density at radius 1 is 0.917 bits per heavy atom. The van der Waals surface area contributed by atoms with E-state index in [4.69, 9.17) is 23.2 Å². The van der Waals surface area contributed by atoms with Crippen molar-refractivity contribution in [3.8, 4) is 0 Å². The highest BCUT2D eigenvalue weighted by molar-refractivity contribution is 8.18. The number of carbonyl (C=O) groups excluding carboxylic acids is 3. The molecule has 1 fully saturated rings. The smallest absolute Gasteiger partial charge is 0.290 e. The molecule has 5 rings (SSSR count). The molecule has 0 unspecified atom stereocenters. The zero-order valence-electron chi connectivity index (χ0n) is 18.1. The maximum atomic E-state index is 13.5. The Morgan fingerprint density at radius 3 is 2.33 bits per heavy atom. The first-order chi connectivity index (χ1) is 17.1. The molecule has 36 heavy (non-hydrogen) atoms. The fourth-order valence-corrected chi connectivity index (χ4v) is 6.05. The lowest BCUT2D eigenvalue weighted by atomic mass is 10.1. The van der Waals surface area contributed by atoms with Crippen LogP contribution in [-0.4, -0.2) is 25.5 Å². The van der Waals surface area contributed by atoms with Crippen molar-refractivity contribution < 1.29 is 22.8 Å². The van der Waals surface area contributed by atoms with Crippen LogP contribution in [0.25, 0.3) is 5.57 Å². The van der Waals surface area contributed by atoms with Gasteiger partial charge in [-0.05, 0) is 59.8 Å². The number of anilines is 2. The maximum Gasteiger partial charge on any atom is 0.290 e. The molecule has 0 radical (unpaired) electrons. The lowest BCUT2D eigenvalue weighted by Gasteiger charge is -2.18. The molecule has 0 spiro atoms. The molecule has 0 saturated carbocycles. The van der Waals surface area contributed by atoms with Crippen LogP contribution in [0.1, 0.15) is 11.1 Å². The summed E-state index contributed by atoms with van der Waals surface area (Å²) >= 11 is 12.7. The number of imide groups is 1. The van der Waals surface area contributed by atoms with Crippen molar-refractivity contribution in [2.45, 2.75) is 11.4 Å². The number of hydrogen-bond donors (Lipinski definition) is 2. The summed E-state index contributed by atoms with van der Waals surface area (Å²) in [5.41, 5.74) is 1.60. The van der Waals surface area contributed by atoms with Crippen molar-refractivity contribution in [3.63, 3.8) is 0 Å². The second kappa shape index (κ2) is 9.29. The Balaban J connectivity index is 1.61. The van der Waals surface area contributed by atoms with Gasteiger partial charge in [0.2, 0.25) is 0 Å². The molecule has 0 aromatic heterocycles. The van der Waals surface area contributed by atoms with Gasteiger partial charge in [-0.2, -0.15) is 0 Å². The van der Waals surface area contributed by atoms with E-state index in [1.165, 1.54) is 23.1 Å².